The predicted octanol–water partition coefficient (Wildman–Crippen LogP) is 3.56. The molecule has 0 saturated heterocycles. The molecular formula is C17H20O4S. The Kier molecular flexibility index (Phi) is 5.34. The van der Waals surface area contributed by atoms with Crippen molar-refractivity contribution in [1.29, 1.82) is 0 Å². The molecule has 2 rings (SSSR count). The van der Waals surface area contributed by atoms with Crippen molar-refractivity contribution in [3.63, 3.8) is 0 Å². The van der Waals surface area contributed by atoms with Gasteiger partial charge in [0.05, 0.1) is 18.1 Å². The molecule has 22 heavy (non-hydrogen) atoms. The fraction of sp³-hybridized carbons (Fsp3) is 0.294. The third-order valence-corrected chi connectivity index (χ3v) is 4.38. The molecule has 0 aliphatic rings. The van der Waals surface area contributed by atoms with Gasteiger partial charge in [0, 0.05) is 5.92 Å². The van der Waals surface area contributed by atoms with E-state index in [0.29, 0.717) is 18.8 Å². The maximum Gasteiger partial charge on any atom is 0.294 e. The molecule has 0 aromatic heterocycles. The Hall–Kier alpha value is -1.69. The Morgan fingerprint density at radius 1 is 1.14 bits per heavy atom. The van der Waals surface area contributed by atoms with E-state index in [1.165, 1.54) is 6.07 Å². The van der Waals surface area contributed by atoms with Crippen molar-refractivity contribution < 1.29 is 17.7 Å². The lowest BCUT2D eigenvalue weighted by molar-refractivity contribution is 0.110. The maximum atomic E-state index is 11.5. The topological polar surface area (TPSA) is 63.6 Å². The highest BCUT2D eigenvalue weighted by Crippen LogP contribution is 2.25. The number of hydrogen-bond donors (Lipinski definition) is 1. The highest BCUT2D eigenvalue weighted by Gasteiger charge is 2.19. The van der Waals surface area contributed by atoms with Gasteiger partial charge in [-0.2, -0.15) is 8.42 Å². The summed E-state index contributed by atoms with van der Waals surface area (Å²) in [5.41, 5.74) is 2.59. The van der Waals surface area contributed by atoms with Gasteiger partial charge in [-0.05, 0) is 24.1 Å². The second kappa shape index (κ2) is 7.05. The van der Waals surface area contributed by atoms with E-state index in [1.807, 2.05) is 44.2 Å². The molecule has 0 fully saturated rings. The van der Waals surface area contributed by atoms with E-state index in [9.17, 15) is 13.0 Å². The Balaban J connectivity index is 2.09. The number of aryl methyl sites for hydroxylation is 1. The summed E-state index contributed by atoms with van der Waals surface area (Å²) in [6.07, 6.45) is 0. The molecule has 0 saturated carbocycles. The van der Waals surface area contributed by atoms with Gasteiger partial charge in [0.2, 0.25) is 0 Å². The van der Waals surface area contributed by atoms with Crippen LogP contribution in [0.1, 0.15) is 29.5 Å². The Labute approximate surface area is 131 Å². The first-order chi connectivity index (χ1) is 10.4. The van der Waals surface area contributed by atoms with Crippen molar-refractivity contribution in [3.8, 4) is 0 Å². The Morgan fingerprint density at radius 3 is 2.45 bits per heavy atom. The second-order valence-electron chi connectivity index (χ2n) is 5.42. The largest absolute Gasteiger partial charge is 0.376 e. The molecule has 0 bridgehead atoms. The van der Waals surface area contributed by atoms with Crippen molar-refractivity contribution in [2.45, 2.75) is 31.3 Å². The summed E-state index contributed by atoms with van der Waals surface area (Å²) in [5, 5.41) is 0. The van der Waals surface area contributed by atoms with Crippen LogP contribution in [0.25, 0.3) is 0 Å². The van der Waals surface area contributed by atoms with Crippen molar-refractivity contribution in [3.05, 3.63) is 65.2 Å². The molecule has 1 unspecified atom stereocenters. The average Bonchev–Trinajstić information content (AvgIpc) is 2.47. The normalized spacial score (nSPS) is 13.0. The van der Waals surface area contributed by atoms with Crippen LogP contribution in [0, 0.1) is 6.92 Å². The fourth-order valence-corrected chi connectivity index (χ4v) is 3.10. The lowest BCUT2D eigenvalue weighted by Crippen LogP contribution is -2.10. The Morgan fingerprint density at radius 2 is 1.82 bits per heavy atom. The second-order valence-corrected chi connectivity index (χ2v) is 6.81. The van der Waals surface area contributed by atoms with Crippen molar-refractivity contribution in [1.82, 2.24) is 0 Å². The highest BCUT2D eigenvalue weighted by molar-refractivity contribution is 7.85. The van der Waals surface area contributed by atoms with E-state index in [1.54, 1.807) is 12.1 Å². The molecular weight excluding hydrogens is 300 g/mol. The van der Waals surface area contributed by atoms with Gasteiger partial charge in [0.25, 0.3) is 10.1 Å². The van der Waals surface area contributed by atoms with Gasteiger partial charge in [0.15, 0.2) is 0 Å². The molecule has 118 valence electrons. The quantitative estimate of drug-likeness (QED) is 0.827. The molecule has 2 aromatic carbocycles. The average molecular weight is 320 g/mol. The first kappa shape index (κ1) is 16.7. The van der Waals surface area contributed by atoms with Crippen molar-refractivity contribution in [2.24, 2.45) is 0 Å². The summed E-state index contributed by atoms with van der Waals surface area (Å²) in [5.74, 6) is -0.138. The van der Waals surface area contributed by atoms with Gasteiger partial charge in [-0.15, -0.1) is 0 Å². The standard InChI is InChI=1S/C17H20O4S/c1-13-8-9-17(22(18,19)20)16(10-13)14(2)11-21-12-15-6-4-3-5-7-15/h3-10,14H,11-12H2,1-2H3,(H,18,19,20). The molecule has 4 nitrogen and oxygen atoms in total. The number of ether oxygens (including phenoxy) is 1. The van der Waals surface area contributed by atoms with Crippen LogP contribution in [0.5, 0.6) is 0 Å². The van der Waals surface area contributed by atoms with Gasteiger partial charge in [-0.1, -0.05) is 55.0 Å². The van der Waals surface area contributed by atoms with E-state index < -0.39 is 10.1 Å². The molecule has 0 spiro atoms. The van der Waals surface area contributed by atoms with Crippen LogP contribution in [0.2, 0.25) is 0 Å². The number of rotatable bonds is 6. The van der Waals surface area contributed by atoms with E-state index >= 15 is 0 Å². The van der Waals surface area contributed by atoms with E-state index in [2.05, 4.69) is 0 Å². The molecule has 0 amide bonds. The molecule has 2 aromatic rings. The molecule has 5 heteroatoms. The first-order valence-corrected chi connectivity index (χ1v) is 8.51. The van der Waals surface area contributed by atoms with Crippen LogP contribution in [0.4, 0.5) is 0 Å². The summed E-state index contributed by atoms with van der Waals surface area (Å²) in [6, 6.07) is 14.7. The highest BCUT2D eigenvalue weighted by atomic mass is 32.2. The monoisotopic (exact) mass is 320 g/mol. The van der Waals surface area contributed by atoms with Gasteiger partial charge in [-0.25, -0.2) is 0 Å². The minimum Gasteiger partial charge on any atom is -0.376 e. The molecule has 1 atom stereocenters. The Bertz CT molecular complexity index is 724. The lowest BCUT2D eigenvalue weighted by atomic mass is 10.00. The maximum absolute atomic E-state index is 11.5. The summed E-state index contributed by atoms with van der Waals surface area (Å²) in [4.78, 5) is -0.0473. The third kappa shape index (κ3) is 4.40. The fourth-order valence-electron chi connectivity index (χ4n) is 2.31. The van der Waals surface area contributed by atoms with E-state index in [4.69, 9.17) is 4.74 Å². The smallest absolute Gasteiger partial charge is 0.294 e. The molecule has 1 N–H and O–H groups in total. The summed E-state index contributed by atoms with van der Waals surface area (Å²) in [6.45, 7) is 4.61. The van der Waals surface area contributed by atoms with Crippen molar-refractivity contribution in [2.75, 3.05) is 6.61 Å². The number of hydrogen-bond acceptors (Lipinski definition) is 3. The number of benzene rings is 2. The van der Waals surface area contributed by atoms with Gasteiger partial charge >= 0.3 is 0 Å². The van der Waals surface area contributed by atoms with Crippen molar-refractivity contribution >= 4 is 10.1 Å². The first-order valence-electron chi connectivity index (χ1n) is 7.07. The minimum atomic E-state index is -4.23. The zero-order chi connectivity index (χ0) is 16.2. The minimum absolute atomic E-state index is 0.0473. The zero-order valence-corrected chi connectivity index (χ0v) is 13.5. The lowest BCUT2D eigenvalue weighted by Gasteiger charge is -2.16. The zero-order valence-electron chi connectivity index (χ0n) is 12.7. The summed E-state index contributed by atoms with van der Waals surface area (Å²) in [7, 11) is -4.23. The van der Waals surface area contributed by atoms with Crippen LogP contribution >= 0.6 is 0 Å². The van der Waals surface area contributed by atoms with E-state index in [0.717, 1.165) is 11.1 Å². The van der Waals surface area contributed by atoms with Crippen LogP contribution in [-0.4, -0.2) is 19.6 Å². The van der Waals surface area contributed by atoms with Crippen LogP contribution in [0.3, 0.4) is 0 Å². The molecule has 0 radical (unpaired) electrons. The molecule has 0 heterocycles. The van der Waals surface area contributed by atoms with Crippen LogP contribution in [-0.2, 0) is 21.5 Å². The van der Waals surface area contributed by atoms with E-state index in [-0.39, 0.29) is 10.8 Å². The summed E-state index contributed by atoms with van der Waals surface area (Å²) >= 11 is 0. The summed E-state index contributed by atoms with van der Waals surface area (Å²) < 4.78 is 38.0. The molecule has 0 aliphatic heterocycles. The van der Waals surface area contributed by atoms with Gasteiger partial charge in [0.1, 0.15) is 0 Å². The van der Waals surface area contributed by atoms with Gasteiger partial charge in [-0.3, -0.25) is 4.55 Å². The van der Waals surface area contributed by atoms with Gasteiger partial charge < -0.3 is 4.74 Å². The molecule has 0 aliphatic carbocycles. The van der Waals surface area contributed by atoms with Crippen LogP contribution < -0.4 is 0 Å². The SMILES string of the molecule is Cc1ccc(S(=O)(=O)O)c(C(C)COCc2ccccc2)c1. The third-order valence-electron chi connectivity index (χ3n) is 3.45. The van der Waals surface area contributed by atoms with Crippen LogP contribution in [0.15, 0.2) is 53.4 Å². The predicted molar refractivity (Wildman–Crippen MR) is 85.5 cm³/mol.